The van der Waals surface area contributed by atoms with Crippen LogP contribution in [0.3, 0.4) is 0 Å². The Morgan fingerprint density at radius 3 is 2.49 bits per heavy atom. The number of fused-ring (bicyclic) bond motifs is 1. The molecule has 1 N–H and O–H groups in total. The number of carbonyl (C=O) groups is 1. The van der Waals surface area contributed by atoms with E-state index in [1.807, 2.05) is 19.1 Å². The van der Waals surface area contributed by atoms with Crippen molar-refractivity contribution in [1.82, 2.24) is 19.5 Å². The summed E-state index contributed by atoms with van der Waals surface area (Å²) in [6.45, 7) is 5.02. The number of para-hydroxylation sites is 1. The Morgan fingerprint density at radius 1 is 1.05 bits per heavy atom. The van der Waals surface area contributed by atoms with E-state index in [-0.39, 0.29) is 36.2 Å². The molecule has 3 heterocycles. The summed E-state index contributed by atoms with van der Waals surface area (Å²) in [5, 5.41) is 10.3. The summed E-state index contributed by atoms with van der Waals surface area (Å²) in [5.41, 5.74) is 5.16. The molecule has 1 unspecified atom stereocenters. The van der Waals surface area contributed by atoms with Crippen LogP contribution in [0, 0.1) is 11.8 Å². The van der Waals surface area contributed by atoms with Crippen LogP contribution < -0.4 is 10.2 Å². The molecule has 10 heteroatoms. The fourth-order valence-electron chi connectivity index (χ4n) is 6.70. The second-order valence-corrected chi connectivity index (χ2v) is 12.8. The minimum atomic E-state index is -3.73. The van der Waals surface area contributed by atoms with Crippen LogP contribution in [0.4, 0.5) is 0 Å². The monoisotopic (exact) mass is 549 g/mol. The van der Waals surface area contributed by atoms with Crippen molar-refractivity contribution >= 4 is 32.5 Å². The Labute approximate surface area is 229 Å². The van der Waals surface area contributed by atoms with Gasteiger partial charge in [-0.3, -0.25) is 9.48 Å². The molecule has 2 aliphatic heterocycles. The molecule has 6 rings (SSSR count). The molecule has 0 radical (unpaired) electrons. The molecule has 2 aromatic carbocycles. The average molecular weight is 550 g/mol. The van der Waals surface area contributed by atoms with Crippen LogP contribution >= 0.6 is 0 Å². The Hall–Kier alpha value is -3.24. The first-order chi connectivity index (χ1) is 18.9. The van der Waals surface area contributed by atoms with E-state index in [0.717, 1.165) is 48.0 Å². The number of amides is 1. The number of hydrogen-bond acceptors (Lipinski definition) is 6. The highest BCUT2D eigenvalue weighted by Gasteiger charge is 2.51. The summed E-state index contributed by atoms with van der Waals surface area (Å²) < 4.78 is 37.6. The predicted octanol–water partition coefficient (Wildman–Crippen LogP) is 4.29. The van der Waals surface area contributed by atoms with Gasteiger partial charge in [-0.1, -0.05) is 38.0 Å². The number of nitrogens with one attached hydrogen (secondary N) is 1. The third-order valence-electron chi connectivity index (χ3n) is 8.40. The number of nitrogens with zero attached hydrogens (tertiary/aromatic N) is 4. The highest BCUT2D eigenvalue weighted by molar-refractivity contribution is 7.89. The fraction of sp³-hybridized carbons (Fsp3) is 0.483. The largest absolute Gasteiger partial charge is 0.494 e. The van der Waals surface area contributed by atoms with Crippen LogP contribution in [-0.4, -0.2) is 53.3 Å². The van der Waals surface area contributed by atoms with E-state index in [2.05, 4.69) is 34.3 Å². The van der Waals surface area contributed by atoms with E-state index in [1.54, 1.807) is 28.6 Å². The number of aromatic nitrogens is 2. The second-order valence-electron chi connectivity index (χ2n) is 11.0. The van der Waals surface area contributed by atoms with Crippen molar-refractivity contribution < 1.29 is 17.9 Å². The second kappa shape index (κ2) is 10.4. The van der Waals surface area contributed by atoms with Gasteiger partial charge in [0, 0.05) is 18.4 Å². The first-order valence-electron chi connectivity index (χ1n) is 13.9. The SMILES string of the molecule is CCOc1ccc(S(=O)(=O)N2C[C@@H](C)[C@@H](n3nc(CC4=NNC(=O)C4)c4ccccc43)C2C2CCCC2)cc1. The van der Waals surface area contributed by atoms with Crippen molar-refractivity contribution in [3.63, 3.8) is 0 Å². The Bertz CT molecular complexity index is 1510. The number of sulfonamides is 1. The van der Waals surface area contributed by atoms with Gasteiger partial charge in [0.2, 0.25) is 15.9 Å². The minimum absolute atomic E-state index is 0.0660. The van der Waals surface area contributed by atoms with Crippen LogP contribution in [0.15, 0.2) is 58.5 Å². The van der Waals surface area contributed by atoms with Crippen LogP contribution in [0.25, 0.3) is 10.9 Å². The Kier molecular flexibility index (Phi) is 6.93. The van der Waals surface area contributed by atoms with Gasteiger partial charge in [0.25, 0.3) is 0 Å². The maximum absolute atomic E-state index is 14.1. The van der Waals surface area contributed by atoms with Crippen molar-refractivity contribution in [1.29, 1.82) is 0 Å². The molecule has 1 aliphatic carbocycles. The zero-order valence-electron chi connectivity index (χ0n) is 22.4. The lowest BCUT2D eigenvalue weighted by Gasteiger charge is -2.33. The lowest BCUT2D eigenvalue weighted by Crippen LogP contribution is -2.43. The zero-order valence-corrected chi connectivity index (χ0v) is 23.2. The summed E-state index contributed by atoms with van der Waals surface area (Å²) in [4.78, 5) is 12.0. The summed E-state index contributed by atoms with van der Waals surface area (Å²) in [5.74, 6) is 0.895. The minimum Gasteiger partial charge on any atom is -0.494 e. The number of ether oxygens (including phenoxy) is 1. The molecule has 2 fully saturated rings. The molecule has 1 aromatic heterocycles. The molecular weight excluding hydrogens is 514 g/mol. The van der Waals surface area contributed by atoms with Gasteiger partial charge < -0.3 is 4.74 Å². The molecule has 1 saturated carbocycles. The first kappa shape index (κ1) is 26.0. The summed E-state index contributed by atoms with van der Waals surface area (Å²) >= 11 is 0. The van der Waals surface area contributed by atoms with E-state index < -0.39 is 10.0 Å². The smallest absolute Gasteiger partial charge is 0.245 e. The maximum atomic E-state index is 14.1. The van der Waals surface area contributed by atoms with E-state index in [0.29, 0.717) is 30.2 Å². The van der Waals surface area contributed by atoms with Gasteiger partial charge in [-0.15, -0.1) is 0 Å². The molecule has 1 amide bonds. The van der Waals surface area contributed by atoms with Crippen LogP contribution in [-0.2, 0) is 21.2 Å². The average Bonchev–Trinajstić information content (AvgIpc) is 3.72. The third-order valence-corrected chi connectivity index (χ3v) is 10.3. The van der Waals surface area contributed by atoms with Crippen molar-refractivity contribution in [2.75, 3.05) is 13.2 Å². The van der Waals surface area contributed by atoms with Gasteiger partial charge in [0.1, 0.15) is 5.75 Å². The van der Waals surface area contributed by atoms with Crippen LogP contribution in [0.2, 0.25) is 0 Å². The quantitative estimate of drug-likeness (QED) is 0.451. The van der Waals surface area contributed by atoms with Gasteiger partial charge in [-0.05, 0) is 61.9 Å². The molecule has 3 aliphatic rings. The van der Waals surface area contributed by atoms with Gasteiger partial charge in [0.15, 0.2) is 0 Å². The number of hydrogen-bond donors (Lipinski definition) is 1. The summed E-state index contributed by atoms with van der Waals surface area (Å²) in [6.07, 6.45) is 5.02. The van der Waals surface area contributed by atoms with Gasteiger partial charge in [-0.2, -0.15) is 14.5 Å². The first-order valence-corrected chi connectivity index (χ1v) is 15.4. The summed E-state index contributed by atoms with van der Waals surface area (Å²) in [7, 11) is -3.73. The molecule has 0 bridgehead atoms. The van der Waals surface area contributed by atoms with Crippen molar-refractivity contribution in [2.24, 2.45) is 16.9 Å². The molecule has 9 nitrogen and oxygen atoms in total. The predicted molar refractivity (Wildman–Crippen MR) is 149 cm³/mol. The zero-order chi connectivity index (χ0) is 27.1. The molecular formula is C29H35N5O4S. The lowest BCUT2D eigenvalue weighted by atomic mass is 9.89. The van der Waals surface area contributed by atoms with Crippen molar-refractivity contribution in [2.45, 2.75) is 69.4 Å². The molecule has 3 aromatic rings. The van der Waals surface area contributed by atoms with E-state index in [9.17, 15) is 13.2 Å². The van der Waals surface area contributed by atoms with Gasteiger partial charge in [-0.25, -0.2) is 13.8 Å². The molecule has 206 valence electrons. The third kappa shape index (κ3) is 4.74. The summed E-state index contributed by atoms with van der Waals surface area (Å²) in [6, 6.07) is 14.6. The number of rotatable bonds is 8. The van der Waals surface area contributed by atoms with Crippen LogP contribution in [0.1, 0.15) is 57.7 Å². The Morgan fingerprint density at radius 2 is 1.79 bits per heavy atom. The number of hydrazone groups is 1. The molecule has 39 heavy (non-hydrogen) atoms. The lowest BCUT2D eigenvalue weighted by molar-refractivity contribution is -0.119. The van der Waals surface area contributed by atoms with Crippen molar-refractivity contribution in [3.8, 4) is 5.75 Å². The molecule has 3 atom stereocenters. The van der Waals surface area contributed by atoms with E-state index >= 15 is 0 Å². The van der Waals surface area contributed by atoms with E-state index in [1.165, 1.54) is 0 Å². The Balaban J connectivity index is 1.40. The van der Waals surface area contributed by atoms with Crippen LogP contribution in [0.5, 0.6) is 5.75 Å². The highest BCUT2D eigenvalue weighted by atomic mass is 32.2. The molecule has 1 saturated heterocycles. The number of benzene rings is 2. The fourth-order valence-corrected chi connectivity index (χ4v) is 8.50. The standard InChI is InChI=1S/C29H35N5O4S/c1-3-38-22-12-14-23(15-13-22)39(36,37)33-18-19(2)28(29(33)20-8-4-5-9-20)34-26-11-7-6-10-24(26)25(32-34)16-21-17-27(35)31-30-21/h6-7,10-15,19-20,28-29H,3-5,8-9,16-18H2,1-2H3,(H,31,35)/t19-,28-,29?/m1/s1. The van der Waals surface area contributed by atoms with Gasteiger partial charge in [0.05, 0.1) is 46.9 Å². The molecule has 0 spiro atoms. The topological polar surface area (TPSA) is 106 Å². The van der Waals surface area contributed by atoms with Gasteiger partial charge >= 0.3 is 0 Å². The number of carbonyl (C=O) groups excluding carboxylic acids is 1. The highest BCUT2D eigenvalue weighted by Crippen LogP contribution is 2.46. The normalized spacial score (nSPS) is 24.4. The van der Waals surface area contributed by atoms with E-state index in [4.69, 9.17) is 9.84 Å². The van der Waals surface area contributed by atoms with Crippen molar-refractivity contribution in [3.05, 3.63) is 54.2 Å². The maximum Gasteiger partial charge on any atom is 0.245 e.